The molecule has 0 heterocycles. The number of thiol groups is 1. The van der Waals surface area contributed by atoms with Crippen LogP contribution < -0.4 is 0 Å². The van der Waals surface area contributed by atoms with E-state index >= 15 is 0 Å². The van der Waals surface area contributed by atoms with E-state index in [1.165, 1.54) is 0 Å². The van der Waals surface area contributed by atoms with Crippen LogP contribution in [0.25, 0.3) is 0 Å². The fourth-order valence-corrected chi connectivity index (χ4v) is 1.36. The molecule has 0 N–H and O–H groups in total. The summed E-state index contributed by atoms with van der Waals surface area (Å²) in [5, 5.41) is 0.265. The van der Waals surface area contributed by atoms with Crippen LogP contribution in [0.2, 0.25) is 0 Å². The molecule has 0 nitrogen and oxygen atoms in total. The highest BCUT2D eigenvalue weighted by Crippen LogP contribution is 2.03. The Morgan fingerprint density at radius 3 is 1.54 bits per heavy atom. The van der Waals surface area contributed by atoms with Crippen molar-refractivity contribution >= 4 is 12.6 Å². The van der Waals surface area contributed by atoms with Crippen LogP contribution in [0, 0.1) is 0 Å². The van der Waals surface area contributed by atoms with E-state index in [-0.39, 0.29) is 5.25 Å². The van der Waals surface area contributed by atoms with Gasteiger partial charge < -0.3 is 0 Å². The Morgan fingerprint density at radius 2 is 1.08 bits per heavy atom. The van der Waals surface area contributed by atoms with Gasteiger partial charge in [-0.1, -0.05) is 48.6 Å². The minimum absolute atomic E-state index is 0.265. The Kier molecular flexibility index (Phi) is 5.42. The fraction of sp³-hybridized carbons (Fsp3) is 0.333. The maximum Gasteiger partial charge on any atom is 0.0377 e. The lowest BCUT2D eigenvalue weighted by Crippen LogP contribution is -1.85. The van der Waals surface area contributed by atoms with Gasteiger partial charge in [0.25, 0.3) is 0 Å². The van der Waals surface area contributed by atoms with Gasteiger partial charge in [-0.3, -0.25) is 0 Å². The van der Waals surface area contributed by atoms with E-state index in [0.717, 1.165) is 19.3 Å². The first-order valence-corrected chi connectivity index (χ1v) is 5.22. The van der Waals surface area contributed by atoms with Crippen LogP contribution in [0.5, 0.6) is 0 Å². The van der Waals surface area contributed by atoms with Gasteiger partial charge in [0.2, 0.25) is 0 Å². The Bertz CT molecular complexity index is 210. The molecule has 0 aromatic carbocycles. The smallest absolute Gasteiger partial charge is 0.0377 e. The fourth-order valence-electron chi connectivity index (χ4n) is 1.12. The summed E-state index contributed by atoms with van der Waals surface area (Å²) in [6.45, 7) is 0. The summed E-state index contributed by atoms with van der Waals surface area (Å²) in [4.78, 5) is 0. The third-order valence-electron chi connectivity index (χ3n) is 1.82. The van der Waals surface area contributed by atoms with Gasteiger partial charge in [-0.15, -0.1) is 0 Å². The zero-order valence-electron chi connectivity index (χ0n) is 7.76. The van der Waals surface area contributed by atoms with Crippen LogP contribution in [0.15, 0.2) is 48.6 Å². The van der Waals surface area contributed by atoms with Crippen molar-refractivity contribution in [1.82, 2.24) is 0 Å². The van der Waals surface area contributed by atoms with Crippen molar-refractivity contribution in [2.45, 2.75) is 24.5 Å². The van der Waals surface area contributed by atoms with Gasteiger partial charge in [-0.25, -0.2) is 0 Å². The molecular weight excluding hydrogens is 176 g/mol. The van der Waals surface area contributed by atoms with E-state index in [4.69, 9.17) is 0 Å². The van der Waals surface area contributed by atoms with Gasteiger partial charge in [0.05, 0.1) is 0 Å². The molecule has 0 fully saturated rings. The van der Waals surface area contributed by atoms with E-state index in [0.29, 0.717) is 0 Å². The van der Waals surface area contributed by atoms with E-state index in [9.17, 15) is 0 Å². The van der Waals surface area contributed by atoms with Gasteiger partial charge in [-0.05, 0) is 19.3 Å². The van der Waals surface area contributed by atoms with Crippen molar-refractivity contribution in [1.29, 1.82) is 0 Å². The average molecular weight is 192 g/mol. The number of rotatable bonds is 0. The Balaban J connectivity index is 2.51. The highest BCUT2D eigenvalue weighted by atomic mass is 32.1. The minimum atomic E-state index is 0.265. The standard InChI is InChI=1S/C12H16S/c13-12-10-8-6-4-2-1-3-5-7-9-11-12/h2-5,8-13H,1,6-7H2/b4-2-,5-3-,10-8-,11-9-. The molecule has 0 aromatic heterocycles. The van der Waals surface area contributed by atoms with Crippen LogP contribution >= 0.6 is 12.6 Å². The number of hydrogen-bond acceptors (Lipinski definition) is 1. The molecule has 0 aliphatic heterocycles. The van der Waals surface area contributed by atoms with Crippen LogP contribution in [0.4, 0.5) is 0 Å². The first kappa shape index (κ1) is 10.4. The van der Waals surface area contributed by atoms with Crippen molar-refractivity contribution in [2.24, 2.45) is 0 Å². The van der Waals surface area contributed by atoms with Gasteiger partial charge in [0, 0.05) is 5.25 Å². The van der Waals surface area contributed by atoms with Crippen LogP contribution in [-0.4, -0.2) is 5.25 Å². The lowest BCUT2D eigenvalue weighted by atomic mass is 10.2. The molecule has 0 atom stereocenters. The molecule has 1 aliphatic rings. The Hall–Kier alpha value is -0.690. The number of hydrogen-bond donors (Lipinski definition) is 1. The molecule has 0 spiro atoms. The first-order valence-electron chi connectivity index (χ1n) is 4.71. The first-order chi connectivity index (χ1) is 6.39. The van der Waals surface area contributed by atoms with Crippen LogP contribution in [0.3, 0.4) is 0 Å². The summed E-state index contributed by atoms with van der Waals surface area (Å²) >= 11 is 4.40. The molecule has 1 rings (SSSR count). The minimum Gasteiger partial charge on any atom is -0.168 e. The maximum atomic E-state index is 4.40. The van der Waals surface area contributed by atoms with Crippen molar-refractivity contribution in [2.75, 3.05) is 0 Å². The summed E-state index contributed by atoms with van der Waals surface area (Å²) in [5.74, 6) is 0. The third kappa shape index (κ3) is 5.53. The second-order valence-corrected chi connectivity index (χ2v) is 3.59. The van der Waals surface area contributed by atoms with Gasteiger partial charge >= 0.3 is 0 Å². The van der Waals surface area contributed by atoms with E-state index in [2.05, 4.69) is 61.2 Å². The molecule has 1 heteroatoms. The monoisotopic (exact) mass is 192 g/mol. The Morgan fingerprint density at radius 1 is 0.692 bits per heavy atom. The van der Waals surface area contributed by atoms with E-state index in [1.54, 1.807) is 0 Å². The maximum absolute atomic E-state index is 4.40. The second kappa shape index (κ2) is 6.79. The zero-order chi connectivity index (χ0) is 9.36. The zero-order valence-corrected chi connectivity index (χ0v) is 8.66. The molecule has 0 aromatic rings. The molecule has 0 unspecified atom stereocenters. The molecule has 70 valence electrons. The van der Waals surface area contributed by atoms with Crippen molar-refractivity contribution in [3.8, 4) is 0 Å². The molecule has 1 aliphatic carbocycles. The molecule has 0 amide bonds. The van der Waals surface area contributed by atoms with E-state index < -0.39 is 0 Å². The predicted molar refractivity (Wildman–Crippen MR) is 63.2 cm³/mol. The topological polar surface area (TPSA) is 0 Å². The molecule has 0 bridgehead atoms. The second-order valence-electron chi connectivity index (χ2n) is 3.00. The largest absolute Gasteiger partial charge is 0.168 e. The van der Waals surface area contributed by atoms with Crippen LogP contribution in [0.1, 0.15) is 19.3 Å². The summed E-state index contributed by atoms with van der Waals surface area (Å²) in [5.41, 5.74) is 0. The summed E-state index contributed by atoms with van der Waals surface area (Å²) < 4.78 is 0. The Labute approximate surface area is 86.1 Å². The molecular formula is C12H16S. The normalized spacial score (nSPS) is 29.6. The van der Waals surface area contributed by atoms with Gasteiger partial charge in [0.15, 0.2) is 0 Å². The highest BCUT2D eigenvalue weighted by Gasteiger charge is 1.88. The van der Waals surface area contributed by atoms with Crippen LogP contribution in [-0.2, 0) is 0 Å². The molecule has 13 heavy (non-hydrogen) atoms. The molecule has 0 radical (unpaired) electrons. The quantitative estimate of drug-likeness (QED) is 0.439. The predicted octanol–water partition coefficient (Wildman–Crippen LogP) is 3.69. The summed E-state index contributed by atoms with van der Waals surface area (Å²) in [6, 6.07) is 0. The molecule has 0 saturated carbocycles. The van der Waals surface area contributed by atoms with Crippen molar-refractivity contribution in [3.63, 3.8) is 0 Å². The number of allylic oxidation sites excluding steroid dienone is 6. The lowest BCUT2D eigenvalue weighted by molar-refractivity contribution is 1.24. The van der Waals surface area contributed by atoms with Gasteiger partial charge in [0.1, 0.15) is 0 Å². The summed E-state index contributed by atoms with van der Waals surface area (Å²) in [6.07, 6.45) is 20.4. The summed E-state index contributed by atoms with van der Waals surface area (Å²) in [7, 11) is 0. The van der Waals surface area contributed by atoms with Crippen molar-refractivity contribution < 1.29 is 0 Å². The lowest BCUT2D eigenvalue weighted by Gasteiger charge is -1.96. The highest BCUT2D eigenvalue weighted by molar-refractivity contribution is 7.81. The van der Waals surface area contributed by atoms with Crippen molar-refractivity contribution in [3.05, 3.63) is 48.6 Å². The van der Waals surface area contributed by atoms with Gasteiger partial charge in [-0.2, -0.15) is 12.6 Å². The average Bonchev–Trinajstić information content (AvgIpc) is 2.11. The molecule has 0 saturated heterocycles. The SMILES string of the molecule is SC1/C=C\C/C=C\C/C=C\C/C=C\1. The third-order valence-corrected chi connectivity index (χ3v) is 2.16. The van der Waals surface area contributed by atoms with E-state index in [1.807, 2.05) is 0 Å².